The summed E-state index contributed by atoms with van der Waals surface area (Å²) >= 11 is 0. The molecule has 1 heterocycles. The number of alkyl halides is 5. The monoisotopic (exact) mass is 558 g/mol. The molecule has 0 spiro atoms. The first-order chi connectivity index (χ1) is 18.4. The Morgan fingerprint density at radius 3 is 2.51 bits per heavy atom. The van der Waals surface area contributed by atoms with Crippen molar-refractivity contribution in [1.82, 2.24) is 15.6 Å². The molecule has 39 heavy (non-hydrogen) atoms. The van der Waals surface area contributed by atoms with Crippen LogP contribution in [-0.2, 0) is 17.9 Å². The zero-order valence-electron chi connectivity index (χ0n) is 20.7. The molecule has 2 aromatic carbocycles. The molecule has 1 saturated carbocycles. The standard InChI is InChI=1S/C26H28F6N4O3/c27-20-17(12-34-13-19(33)26(30,31)32)6-7-18-22(20)35-23(39-18)21(16-8-10-25(28,29)11-9-16)36-24(37)38-14-15-4-2-1-3-5-15/h1-7,16,19,21,34H,8-14,33H2,(H,36,37)/t19-,21-/m0/s1. The van der Waals surface area contributed by atoms with Gasteiger partial charge in [0, 0.05) is 31.5 Å². The highest BCUT2D eigenvalue weighted by atomic mass is 19.4. The van der Waals surface area contributed by atoms with Gasteiger partial charge in [-0.05, 0) is 30.4 Å². The number of nitrogens with two attached hydrogens (primary N) is 1. The van der Waals surface area contributed by atoms with Crippen LogP contribution in [0.2, 0.25) is 0 Å². The molecule has 2 atom stereocenters. The van der Waals surface area contributed by atoms with Crippen LogP contribution in [0.25, 0.3) is 11.1 Å². The van der Waals surface area contributed by atoms with Gasteiger partial charge in [0.2, 0.25) is 11.8 Å². The van der Waals surface area contributed by atoms with Gasteiger partial charge in [0.25, 0.3) is 0 Å². The van der Waals surface area contributed by atoms with Gasteiger partial charge in [0.05, 0.1) is 0 Å². The first-order valence-electron chi connectivity index (χ1n) is 12.4. The average molecular weight is 559 g/mol. The third kappa shape index (κ3) is 7.41. The normalized spacial score (nSPS) is 17.6. The van der Waals surface area contributed by atoms with Crippen LogP contribution in [-0.4, -0.2) is 35.8 Å². The van der Waals surface area contributed by atoms with E-state index in [0.717, 1.165) is 5.56 Å². The second-order valence-corrected chi connectivity index (χ2v) is 9.59. The number of aromatic nitrogens is 1. The van der Waals surface area contributed by atoms with E-state index in [9.17, 15) is 26.7 Å². The molecule has 212 valence electrons. The number of nitrogens with zero attached hydrogens (tertiary/aromatic N) is 1. The van der Waals surface area contributed by atoms with Crippen LogP contribution in [0, 0.1) is 11.7 Å². The van der Waals surface area contributed by atoms with Gasteiger partial charge >= 0.3 is 12.3 Å². The van der Waals surface area contributed by atoms with Gasteiger partial charge in [0.15, 0.2) is 11.4 Å². The fraction of sp³-hybridized carbons (Fsp3) is 0.462. The van der Waals surface area contributed by atoms with Crippen LogP contribution in [0.1, 0.15) is 48.7 Å². The van der Waals surface area contributed by atoms with Gasteiger partial charge in [-0.2, -0.15) is 13.2 Å². The van der Waals surface area contributed by atoms with Crippen LogP contribution in [0.5, 0.6) is 0 Å². The quantitative estimate of drug-likeness (QED) is 0.290. The lowest BCUT2D eigenvalue weighted by Gasteiger charge is -2.32. The molecule has 1 aliphatic rings. The summed E-state index contributed by atoms with van der Waals surface area (Å²) in [4.78, 5) is 16.8. The van der Waals surface area contributed by atoms with Crippen LogP contribution in [0.3, 0.4) is 0 Å². The van der Waals surface area contributed by atoms with Crippen molar-refractivity contribution in [3.8, 4) is 0 Å². The number of hydrogen-bond donors (Lipinski definition) is 3. The first-order valence-corrected chi connectivity index (χ1v) is 12.4. The summed E-state index contributed by atoms with van der Waals surface area (Å²) in [6.07, 6.45) is -6.07. The molecular formula is C26H28F6N4O3. The van der Waals surface area contributed by atoms with Crippen molar-refractivity contribution in [2.45, 2.75) is 63.0 Å². The van der Waals surface area contributed by atoms with Crippen molar-refractivity contribution in [2.75, 3.05) is 6.54 Å². The first kappa shape index (κ1) is 28.7. The van der Waals surface area contributed by atoms with Crippen molar-refractivity contribution in [2.24, 2.45) is 11.7 Å². The number of benzene rings is 2. The second-order valence-electron chi connectivity index (χ2n) is 9.59. The van der Waals surface area contributed by atoms with E-state index in [1.54, 1.807) is 24.3 Å². The van der Waals surface area contributed by atoms with E-state index in [-0.39, 0.29) is 61.4 Å². The number of halogens is 6. The maximum Gasteiger partial charge on any atom is 0.408 e. The zero-order valence-corrected chi connectivity index (χ0v) is 20.7. The van der Waals surface area contributed by atoms with Gasteiger partial charge in [-0.3, -0.25) is 0 Å². The number of carbonyl (C=O) groups excluding carboxylic acids is 1. The van der Waals surface area contributed by atoms with Gasteiger partial charge in [0.1, 0.15) is 24.2 Å². The molecule has 1 aliphatic carbocycles. The number of carbonyl (C=O) groups is 1. The minimum atomic E-state index is -4.59. The number of rotatable bonds is 9. The number of alkyl carbamates (subject to hydrolysis) is 1. The molecule has 0 aliphatic heterocycles. The Kier molecular flexibility index (Phi) is 8.70. The number of oxazole rings is 1. The predicted octanol–water partition coefficient (Wildman–Crippen LogP) is 5.74. The van der Waals surface area contributed by atoms with Gasteiger partial charge in [-0.1, -0.05) is 36.4 Å². The summed E-state index contributed by atoms with van der Waals surface area (Å²) < 4.78 is 91.7. The van der Waals surface area contributed by atoms with Crippen LogP contribution >= 0.6 is 0 Å². The highest BCUT2D eigenvalue weighted by Gasteiger charge is 2.40. The van der Waals surface area contributed by atoms with Crippen molar-refractivity contribution in [1.29, 1.82) is 0 Å². The van der Waals surface area contributed by atoms with Gasteiger partial charge < -0.3 is 25.5 Å². The Morgan fingerprint density at radius 2 is 1.85 bits per heavy atom. The molecule has 4 N–H and O–H groups in total. The third-order valence-electron chi connectivity index (χ3n) is 6.68. The highest BCUT2D eigenvalue weighted by Crippen LogP contribution is 2.42. The summed E-state index contributed by atoms with van der Waals surface area (Å²) in [5.74, 6) is -4.20. The summed E-state index contributed by atoms with van der Waals surface area (Å²) in [6, 6.07) is 8.55. The fourth-order valence-electron chi connectivity index (χ4n) is 4.44. The van der Waals surface area contributed by atoms with Crippen LogP contribution < -0.4 is 16.4 Å². The lowest BCUT2D eigenvalue weighted by molar-refractivity contribution is -0.146. The Morgan fingerprint density at radius 1 is 1.15 bits per heavy atom. The van der Waals surface area contributed by atoms with E-state index in [1.807, 2.05) is 6.07 Å². The van der Waals surface area contributed by atoms with E-state index < -0.39 is 48.6 Å². The maximum atomic E-state index is 15.2. The predicted molar refractivity (Wildman–Crippen MR) is 129 cm³/mol. The molecule has 0 saturated heterocycles. The fourth-order valence-corrected chi connectivity index (χ4v) is 4.44. The maximum absolute atomic E-state index is 15.2. The third-order valence-corrected chi connectivity index (χ3v) is 6.68. The van der Waals surface area contributed by atoms with E-state index in [4.69, 9.17) is 14.9 Å². The molecule has 1 amide bonds. The topological polar surface area (TPSA) is 102 Å². The number of fused-ring (bicyclic) bond motifs is 1. The smallest absolute Gasteiger partial charge is 0.408 e. The van der Waals surface area contributed by atoms with Crippen molar-refractivity contribution < 1.29 is 40.3 Å². The lowest BCUT2D eigenvalue weighted by Crippen LogP contribution is -2.45. The minimum absolute atomic E-state index is 0.0285. The van der Waals surface area contributed by atoms with Crippen LogP contribution in [0.4, 0.5) is 31.1 Å². The van der Waals surface area contributed by atoms with Gasteiger partial charge in [-0.15, -0.1) is 0 Å². The zero-order chi connectivity index (χ0) is 28.2. The van der Waals surface area contributed by atoms with E-state index >= 15 is 4.39 Å². The molecule has 1 fully saturated rings. The Hall–Kier alpha value is -3.32. The van der Waals surface area contributed by atoms with Crippen molar-refractivity contribution >= 4 is 17.2 Å². The Bertz CT molecular complexity index is 1260. The average Bonchev–Trinajstić information content (AvgIpc) is 3.32. The van der Waals surface area contributed by atoms with E-state index in [1.165, 1.54) is 12.1 Å². The van der Waals surface area contributed by atoms with E-state index in [2.05, 4.69) is 15.6 Å². The largest absolute Gasteiger partial charge is 0.445 e. The second kappa shape index (κ2) is 11.8. The Labute approximate surface area is 220 Å². The molecule has 13 heteroatoms. The highest BCUT2D eigenvalue weighted by molar-refractivity contribution is 5.75. The number of hydrogen-bond acceptors (Lipinski definition) is 6. The lowest BCUT2D eigenvalue weighted by atomic mass is 9.82. The minimum Gasteiger partial charge on any atom is -0.445 e. The van der Waals surface area contributed by atoms with Crippen LogP contribution in [0.15, 0.2) is 46.9 Å². The summed E-state index contributed by atoms with van der Waals surface area (Å²) in [7, 11) is 0. The summed E-state index contributed by atoms with van der Waals surface area (Å²) in [5, 5.41) is 5.11. The summed E-state index contributed by atoms with van der Waals surface area (Å²) in [5.41, 5.74) is 5.66. The Balaban J connectivity index is 1.51. The molecule has 4 rings (SSSR count). The number of nitrogens with one attached hydrogen (secondary N) is 2. The SMILES string of the molecule is N[C@@H](CNCc1ccc2oc([C@@H](NC(=O)OCc3ccccc3)C3CCC(F)(F)CC3)nc2c1F)C(F)(F)F. The molecule has 0 unspecified atom stereocenters. The van der Waals surface area contributed by atoms with Crippen molar-refractivity contribution in [3.63, 3.8) is 0 Å². The molecule has 0 bridgehead atoms. The molecular weight excluding hydrogens is 530 g/mol. The van der Waals surface area contributed by atoms with Gasteiger partial charge in [-0.25, -0.2) is 22.9 Å². The molecule has 7 nitrogen and oxygen atoms in total. The number of ether oxygens (including phenoxy) is 1. The molecule has 0 radical (unpaired) electrons. The summed E-state index contributed by atoms with van der Waals surface area (Å²) in [6.45, 7) is -0.897. The van der Waals surface area contributed by atoms with E-state index in [0.29, 0.717) is 0 Å². The van der Waals surface area contributed by atoms with Crippen molar-refractivity contribution in [3.05, 3.63) is 65.3 Å². The molecule has 1 aromatic heterocycles. The molecule has 3 aromatic rings. The number of amides is 1.